The predicted octanol–water partition coefficient (Wildman–Crippen LogP) is 3.08. The van der Waals surface area contributed by atoms with Crippen LogP contribution < -0.4 is 16.3 Å². The van der Waals surface area contributed by atoms with Gasteiger partial charge in [0.1, 0.15) is 0 Å². The van der Waals surface area contributed by atoms with E-state index in [1.54, 1.807) is 0 Å². The summed E-state index contributed by atoms with van der Waals surface area (Å²) in [5.41, 5.74) is 8.66. The second-order valence-electron chi connectivity index (χ2n) is 5.26. The fourth-order valence-electron chi connectivity index (χ4n) is 2.10. The lowest BCUT2D eigenvalue weighted by molar-refractivity contribution is 0.844. The lowest BCUT2D eigenvalue weighted by Crippen LogP contribution is -2.25. The van der Waals surface area contributed by atoms with E-state index in [9.17, 15) is 0 Å². The average molecular weight is 271 g/mol. The van der Waals surface area contributed by atoms with E-state index in [0.29, 0.717) is 0 Å². The predicted molar refractivity (Wildman–Crippen MR) is 87.1 cm³/mol. The summed E-state index contributed by atoms with van der Waals surface area (Å²) in [4.78, 5) is 0. The Morgan fingerprint density at radius 3 is 1.53 bits per heavy atom. The van der Waals surface area contributed by atoms with Crippen molar-refractivity contribution in [3.05, 3.63) is 59.7 Å². The molecule has 2 rings (SSSR count). The van der Waals surface area contributed by atoms with Crippen molar-refractivity contribution in [2.24, 2.45) is 5.73 Å². The van der Waals surface area contributed by atoms with Crippen molar-refractivity contribution in [1.82, 2.24) is 0 Å². The number of rotatable bonds is 4. The molecule has 0 saturated heterocycles. The Hall–Kier alpha value is -1.17. The van der Waals surface area contributed by atoms with Crippen molar-refractivity contribution in [1.29, 1.82) is 0 Å². The Bertz CT molecular complexity index is 468. The molecule has 2 N–H and O–H groups in total. The highest BCUT2D eigenvalue weighted by atomic mass is 31.1. The van der Waals surface area contributed by atoms with Gasteiger partial charge in [0.25, 0.3) is 0 Å². The molecule has 100 valence electrons. The van der Waals surface area contributed by atoms with Gasteiger partial charge in [-0.05, 0) is 45.5 Å². The van der Waals surface area contributed by atoms with Crippen LogP contribution in [0.3, 0.4) is 0 Å². The minimum absolute atomic E-state index is 0.230. The van der Waals surface area contributed by atoms with E-state index in [1.807, 2.05) is 0 Å². The van der Waals surface area contributed by atoms with Crippen LogP contribution in [0, 0.1) is 13.8 Å². The van der Waals surface area contributed by atoms with Crippen molar-refractivity contribution >= 4 is 18.5 Å². The van der Waals surface area contributed by atoms with E-state index < -0.39 is 0 Å². The maximum atomic E-state index is 6.04. The number of nitrogens with two attached hydrogens (primary N) is 1. The molecule has 0 saturated carbocycles. The van der Waals surface area contributed by atoms with Crippen molar-refractivity contribution < 1.29 is 0 Å². The van der Waals surface area contributed by atoms with E-state index >= 15 is 0 Å². The van der Waals surface area contributed by atoms with Gasteiger partial charge in [-0.15, -0.1) is 0 Å². The van der Waals surface area contributed by atoms with Crippen LogP contribution in [0.25, 0.3) is 0 Å². The third kappa shape index (κ3) is 3.89. The molecule has 0 aliphatic carbocycles. The maximum Gasteiger partial charge on any atom is 0.00557 e. The standard InChI is InChI=1S/C17H22NP/c1-13-4-8-16(9-5-13)19(12-15(3)18)17-10-6-14(2)7-11-17/h4-11,15H,12,18H2,1-3H3/t15-/m0/s1. The minimum Gasteiger partial charge on any atom is -0.328 e. The van der Waals surface area contributed by atoms with Crippen LogP contribution in [0.4, 0.5) is 0 Å². The summed E-state index contributed by atoms with van der Waals surface area (Å²) in [5.74, 6) is 0. The third-order valence-electron chi connectivity index (χ3n) is 3.16. The average Bonchev–Trinajstić information content (AvgIpc) is 2.38. The van der Waals surface area contributed by atoms with Gasteiger partial charge in [-0.1, -0.05) is 59.7 Å². The summed E-state index contributed by atoms with van der Waals surface area (Å²) in [7, 11) is -0.340. The smallest absolute Gasteiger partial charge is 0.00557 e. The largest absolute Gasteiger partial charge is 0.328 e. The monoisotopic (exact) mass is 271 g/mol. The Kier molecular flexibility index (Phi) is 4.74. The Labute approximate surface area is 117 Å². The molecule has 0 aliphatic rings. The number of hydrogen-bond donors (Lipinski definition) is 1. The third-order valence-corrected chi connectivity index (χ3v) is 5.95. The van der Waals surface area contributed by atoms with Crippen LogP contribution in [0.15, 0.2) is 48.5 Å². The fourth-order valence-corrected chi connectivity index (χ4v) is 4.41. The lowest BCUT2D eigenvalue weighted by Gasteiger charge is -2.21. The van der Waals surface area contributed by atoms with Gasteiger partial charge in [0, 0.05) is 6.04 Å². The molecule has 0 aliphatic heterocycles. The topological polar surface area (TPSA) is 26.0 Å². The summed E-state index contributed by atoms with van der Waals surface area (Å²) in [5, 5.41) is 2.84. The molecule has 1 nitrogen and oxygen atoms in total. The molecule has 0 fully saturated rings. The van der Waals surface area contributed by atoms with Crippen LogP contribution in [-0.2, 0) is 0 Å². The SMILES string of the molecule is Cc1ccc(P(C[C@H](C)N)c2ccc(C)cc2)cc1. The molecule has 0 radical (unpaired) electrons. The zero-order chi connectivity index (χ0) is 13.8. The van der Waals surface area contributed by atoms with Crippen LogP contribution in [0.1, 0.15) is 18.1 Å². The van der Waals surface area contributed by atoms with Gasteiger partial charge in [0.2, 0.25) is 0 Å². The van der Waals surface area contributed by atoms with Gasteiger partial charge in [-0.25, -0.2) is 0 Å². The van der Waals surface area contributed by atoms with Gasteiger partial charge < -0.3 is 5.73 Å². The lowest BCUT2D eigenvalue weighted by atomic mass is 10.2. The first kappa shape index (κ1) is 14.2. The molecular weight excluding hydrogens is 249 g/mol. The molecule has 2 heteroatoms. The molecular formula is C17H22NP. The van der Waals surface area contributed by atoms with Crippen molar-refractivity contribution in [3.63, 3.8) is 0 Å². The van der Waals surface area contributed by atoms with E-state index in [0.717, 1.165) is 6.16 Å². The molecule has 1 atom stereocenters. The van der Waals surface area contributed by atoms with Crippen LogP contribution in [-0.4, -0.2) is 12.2 Å². The second kappa shape index (κ2) is 6.32. The van der Waals surface area contributed by atoms with Crippen molar-refractivity contribution in [2.45, 2.75) is 26.8 Å². The van der Waals surface area contributed by atoms with Crippen LogP contribution >= 0.6 is 7.92 Å². The summed E-state index contributed by atoms with van der Waals surface area (Å²) >= 11 is 0. The first-order valence-electron chi connectivity index (χ1n) is 6.73. The fraction of sp³-hybridized carbons (Fsp3) is 0.294. The Morgan fingerprint density at radius 1 is 0.842 bits per heavy atom. The molecule has 2 aromatic carbocycles. The van der Waals surface area contributed by atoms with Gasteiger partial charge in [-0.3, -0.25) is 0 Å². The summed E-state index contributed by atoms with van der Waals surface area (Å²) in [6, 6.07) is 18.0. The van der Waals surface area contributed by atoms with Crippen LogP contribution in [0.5, 0.6) is 0 Å². The second-order valence-corrected chi connectivity index (χ2v) is 7.51. The zero-order valence-electron chi connectivity index (χ0n) is 11.9. The molecule has 0 heterocycles. The molecule has 0 spiro atoms. The normalized spacial score (nSPS) is 12.7. The summed E-state index contributed by atoms with van der Waals surface area (Å²) in [6.45, 7) is 6.35. The van der Waals surface area contributed by atoms with Gasteiger partial charge in [0.05, 0.1) is 0 Å². The summed E-state index contributed by atoms with van der Waals surface area (Å²) in [6.07, 6.45) is 1.04. The first-order valence-corrected chi connectivity index (χ1v) is 8.25. The molecule has 0 bridgehead atoms. The van der Waals surface area contributed by atoms with E-state index in [1.165, 1.54) is 21.7 Å². The van der Waals surface area contributed by atoms with Gasteiger partial charge in [-0.2, -0.15) is 0 Å². The number of aryl methyl sites for hydroxylation is 2. The zero-order valence-corrected chi connectivity index (χ0v) is 12.8. The molecule has 0 amide bonds. The molecule has 0 aromatic heterocycles. The van der Waals surface area contributed by atoms with Crippen molar-refractivity contribution in [2.75, 3.05) is 6.16 Å². The maximum absolute atomic E-state index is 6.04. The molecule has 2 aromatic rings. The van der Waals surface area contributed by atoms with Crippen LogP contribution in [0.2, 0.25) is 0 Å². The van der Waals surface area contributed by atoms with E-state index in [-0.39, 0.29) is 14.0 Å². The number of hydrogen-bond acceptors (Lipinski definition) is 1. The van der Waals surface area contributed by atoms with Crippen molar-refractivity contribution in [3.8, 4) is 0 Å². The number of benzene rings is 2. The first-order chi connectivity index (χ1) is 9.06. The Balaban J connectivity index is 2.35. The molecule has 0 unspecified atom stereocenters. The highest BCUT2D eigenvalue weighted by molar-refractivity contribution is 7.73. The quantitative estimate of drug-likeness (QED) is 0.850. The van der Waals surface area contributed by atoms with E-state index in [4.69, 9.17) is 5.73 Å². The van der Waals surface area contributed by atoms with Gasteiger partial charge >= 0.3 is 0 Å². The summed E-state index contributed by atoms with van der Waals surface area (Å²) < 4.78 is 0. The molecule has 19 heavy (non-hydrogen) atoms. The highest BCUT2D eigenvalue weighted by Crippen LogP contribution is 2.34. The van der Waals surface area contributed by atoms with E-state index in [2.05, 4.69) is 69.3 Å². The Morgan fingerprint density at radius 2 is 1.21 bits per heavy atom. The minimum atomic E-state index is -0.340. The highest BCUT2D eigenvalue weighted by Gasteiger charge is 2.15. The van der Waals surface area contributed by atoms with Gasteiger partial charge in [0.15, 0.2) is 0 Å².